The van der Waals surface area contributed by atoms with E-state index in [1.54, 1.807) is 26.0 Å². The van der Waals surface area contributed by atoms with Crippen LogP contribution in [0.3, 0.4) is 0 Å². The average Bonchev–Trinajstić information content (AvgIpc) is 2.49. The highest BCUT2D eigenvalue weighted by molar-refractivity contribution is 6.05. The summed E-state index contributed by atoms with van der Waals surface area (Å²) in [6, 6.07) is 3.26. The van der Waals surface area contributed by atoms with E-state index in [1.165, 1.54) is 21.3 Å². The van der Waals surface area contributed by atoms with Gasteiger partial charge in [0, 0.05) is 0 Å². The van der Waals surface area contributed by atoms with E-state index in [0.29, 0.717) is 22.8 Å². The van der Waals surface area contributed by atoms with Crippen LogP contribution in [0.2, 0.25) is 0 Å². The van der Waals surface area contributed by atoms with Gasteiger partial charge in [-0.25, -0.2) is 9.78 Å². The van der Waals surface area contributed by atoms with Crippen LogP contribution in [0, 0.1) is 0 Å². The van der Waals surface area contributed by atoms with Crippen molar-refractivity contribution >= 4 is 5.78 Å². The van der Waals surface area contributed by atoms with Crippen molar-refractivity contribution in [1.82, 2.24) is 0 Å². The normalized spacial score (nSPS) is 12.0. The molecule has 0 heterocycles. The maximum Gasteiger partial charge on any atom is 0.204 e. The van der Waals surface area contributed by atoms with E-state index in [2.05, 4.69) is 0 Å². The Hall–Kier alpha value is -1.79. The highest BCUT2D eigenvalue weighted by Gasteiger charge is 2.36. The van der Waals surface area contributed by atoms with E-state index < -0.39 is 11.2 Å². The molecule has 0 unspecified atom stereocenters. The lowest BCUT2D eigenvalue weighted by molar-refractivity contribution is -0.383. The number of carbonyl (C=O) groups excluding carboxylic acids is 1. The van der Waals surface area contributed by atoms with Gasteiger partial charge < -0.3 is 14.2 Å². The molecule has 6 heteroatoms. The van der Waals surface area contributed by atoms with Crippen LogP contribution in [-0.4, -0.2) is 38.3 Å². The van der Waals surface area contributed by atoms with Gasteiger partial charge in [-0.1, -0.05) is 0 Å². The lowest BCUT2D eigenvalue weighted by Gasteiger charge is -2.28. The zero-order valence-corrected chi connectivity index (χ0v) is 15.1. The van der Waals surface area contributed by atoms with E-state index in [-0.39, 0.29) is 5.78 Å². The molecule has 0 aliphatic carbocycles. The molecular weight excluding hydrogens is 300 g/mol. The third-order valence-electron chi connectivity index (χ3n) is 3.00. The lowest BCUT2D eigenvalue weighted by Crippen LogP contribution is -2.38. The third-order valence-corrected chi connectivity index (χ3v) is 3.00. The Balaban J connectivity index is 3.21. The molecule has 1 aromatic carbocycles. The second-order valence-corrected chi connectivity index (χ2v) is 6.50. The van der Waals surface area contributed by atoms with Gasteiger partial charge in [-0.05, 0) is 46.8 Å². The van der Waals surface area contributed by atoms with Gasteiger partial charge in [0.25, 0.3) is 0 Å². The summed E-state index contributed by atoms with van der Waals surface area (Å²) in [7, 11) is 4.47. The minimum Gasteiger partial charge on any atom is -0.493 e. The van der Waals surface area contributed by atoms with Crippen molar-refractivity contribution in [2.45, 2.75) is 45.8 Å². The van der Waals surface area contributed by atoms with Crippen LogP contribution in [0.15, 0.2) is 12.1 Å². The SMILES string of the molecule is COc1ccc(C(=O)C(C)(C)OOC(C)(C)C)c(OC)c1OC. The first-order chi connectivity index (χ1) is 10.6. The summed E-state index contributed by atoms with van der Waals surface area (Å²) < 4.78 is 15.9. The third kappa shape index (κ3) is 4.59. The summed E-state index contributed by atoms with van der Waals surface area (Å²) in [4.78, 5) is 23.5. The van der Waals surface area contributed by atoms with Crippen LogP contribution in [-0.2, 0) is 9.78 Å². The minimum absolute atomic E-state index is 0.292. The van der Waals surface area contributed by atoms with Gasteiger partial charge in [-0.2, -0.15) is 0 Å². The maximum absolute atomic E-state index is 12.8. The predicted octanol–water partition coefficient (Wildman–Crippen LogP) is 3.42. The molecule has 0 saturated heterocycles. The Bertz CT molecular complexity index is 557. The van der Waals surface area contributed by atoms with E-state index in [4.69, 9.17) is 24.0 Å². The fraction of sp³-hybridized carbons (Fsp3) is 0.588. The lowest BCUT2D eigenvalue weighted by atomic mass is 9.95. The number of hydrogen-bond acceptors (Lipinski definition) is 6. The minimum atomic E-state index is -1.19. The summed E-state index contributed by atoms with van der Waals surface area (Å²) in [6.45, 7) is 8.79. The van der Waals surface area contributed by atoms with Gasteiger partial charge in [-0.15, -0.1) is 0 Å². The quantitative estimate of drug-likeness (QED) is 0.435. The number of benzene rings is 1. The number of methoxy groups -OCH3 is 3. The van der Waals surface area contributed by atoms with Gasteiger partial charge in [0.1, 0.15) is 0 Å². The predicted molar refractivity (Wildman–Crippen MR) is 86.4 cm³/mol. The standard InChI is InChI=1S/C17H26O6/c1-16(2,3)22-23-17(4,5)15(18)11-9-10-12(19-6)14(21-8)13(11)20-7/h9-10H,1-8H3. The van der Waals surface area contributed by atoms with Crippen molar-refractivity contribution in [2.24, 2.45) is 0 Å². The Morgan fingerprint density at radius 1 is 0.826 bits per heavy atom. The molecular formula is C17H26O6. The van der Waals surface area contributed by atoms with Crippen LogP contribution in [0.1, 0.15) is 45.0 Å². The molecule has 0 aliphatic rings. The van der Waals surface area contributed by atoms with Crippen molar-refractivity contribution in [3.05, 3.63) is 17.7 Å². The Morgan fingerprint density at radius 2 is 1.39 bits per heavy atom. The summed E-state index contributed by atoms with van der Waals surface area (Å²) in [5.41, 5.74) is -1.40. The fourth-order valence-electron chi connectivity index (χ4n) is 1.87. The molecule has 1 rings (SSSR count). The molecule has 0 N–H and O–H groups in total. The van der Waals surface area contributed by atoms with Gasteiger partial charge in [0.2, 0.25) is 11.5 Å². The molecule has 23 heavy (non-hydrogen) atoms. The zero-order chi connectivity index (χ0) is 17.8. The van der Waals surface area contributed by atoms with Gasteiger partial charge in [0.05, 0.1) is 32.5 Å². The average molecular weight is 326 g/mol. The van der Waals surface area contributed by atoms with Crippen molar-refractivity contribution in [3.8, 4) is 17.2 Å². The molecule has 6 nitrogen and oxygen atoms in total. The second kappa shape index (κ2) is 7.19. The molecule has 0 fully saturated rings. The summed E-state index contributed by atoms with van der Waals surface area (Å²) >= 11 is 0. The number of rotatable bonds is 7. The Labute approximate surface area is 137 Å². The van der Waals surface area contributed by atoms with Crippen LogP contribution >= 0.6 is 0 Å². The van der Waals surface area contributed by atoms with Gasteiger partial charge in [0.15, 0.2) is 17.1 Å². The molecule has 0 aliphatic heterocycles. The Kier molecular flexibility index (Phi) is 6.02. The van der Waals surface area contributed by atoms with Crippen molar-refractivity contribution in [2.75, 3.05) is 21.3 Å². The van der Waals surface area contributed by atoms with Gasteiger partial charge in [-0.3, -0.25) is 4.79 Å². The first-order valence-electron chi connectivity index (χ1n) is 7.28. The molecule has 0 amide bonds. The molecule has 130 valence electrons. The summed E-state index contributed by atoms with van der Waals surface area (Å²) in [5, 5.41) is 0. The van der Waals surface area contributed by atoms with Crippen molar-refractivity contribution in [3.63, 3.8) is 0 Å². The van der Waals surface area contributed by atoms with Crippen molar-refractivity contribution < 1.29 is 28.8 Å². The number of carbonyl (C=O) groups is 1. The molecule has 0 bridgehead atoms. The molecule has 0 radical (unpaired) electrons. The molecule has 1 aromatic rings. The van der Waals surface area contributed by atoms with Crippen LogP contribution in [0.25, 0.3) is 0 Å². The topological polar surface area (TPSA) is 63.2 Å². The Morgan fingerprint density at radius 3 is 1.83 bits per heavy atom. The number of ether oxygens (including phenoxy) is 3. The van der Waals surface area contributed by atoms with E-state index in [1.807, 2.05) is 20.8 Å². The van der Waals surface area contributed by atoms with Crippen molar-refractivity contribution in [1.29, 1.82) is 0 Å². The molecule has 0 aromatic heterocycles. The summed E-state index contributed by atoms with van der Waals surface area (Å²) in [6.07, 6.45) is 0. The molecule has 0 spiro atoms. The van der Waals surface area contributed by atoms with Crippen LogP contribution in [0.5, 0.6) is 17.2 Å². The highest BCUT2D eigenvalue weighted by Crippen LogP contribution is 2.41. The number of ketones is 1. The smallest absolute Gasteiger partial charge is 0.204 e. The fourth-order valence-corrected chi connectivity index (χ4v) is 1.87. The van der Waals surface area contributed by atoms with E-state index in [0.717, 1.165) is 0 Å². The van der Waals surface area contributed by atoms with E-state index in [9.17, 15) is 4.79 Å². The first-order valence-corrected chi connectivity index (χ1v) is 7.28. The van der Waals surface area contributed by atoms with Crippen LogP contribution < -0.4 is 14.2 Å². The molecule has 0 saturated carbocycles. The zero-order valence-electron chi connectivity index (χ0n) is 15.1. The maximum atomic E-state index is 12.8. The van der Waals surface area contributed by atoms with E-state index >= 15 is 0 Å². The monoisotopic (exact) mass is 326 g/mol. The first kappa shape index (κ1) is 19.3. The largest absolute Gasteiger partial charge is 0.493 e. The molecule has 0 atom stereocenters. The summed E-state index contributed by atoms with van der Waals surface area (Å²) in [5.74, 6) is 0.836. The van der Waals surface area contributed by atoms with Gasteiger partial charge >= 0.3 is 0 Å². The highest BCUT2D eigenvalue weighted by atomic mass is 17.2. The number of hydrogen-bond donors (Lipinski definition) is 0. The van der Waals surface area contributed by atoms with Crippen LogP contribution in [0.4, 0.5) is 0 Å². The number of Topliss-reactive ketones (excluding diaryl/α,β-unsaturated/α-hetero) is 1. The second-order valence-electron chi connectivity index (χ2n) is 6.50.